The van der Waals surface area contributed by atoms with Crippen LogP contribution in [-0.4, -0.2) is 0 Å². The van der Waals surface area contributed by atoms with Gasteiger partial charge in [0.1, 0.15) is 0 Å². The monoisotopic (exact) mass is 222 g/mol. The van der Waals surface area contributed by atoms with Gasteiger partial charge in [0.2, 0.25) is 0 Å². The molecule has 0 saturated heterocycles. The standard InChI is InChI=1S/C16H30/c1-13-10-15(2,3)12-16(4,11-13)14-8-6-5-7-9-14/h13-14H,5-12H2,1-4H3. The Morgan fingerprint density at radius 3 is 2.06 bits per heavy atom. The zero-order valence-electron chi connectivity index (χ0n) is 11.8. The molecule has 0 N–H and O–H groups in total. The highest BCUT2D eigenvalue weighted by Crippen LogP contribution is 2.54. The van der Waals surface area contributed by atoms with Crippen molar-refractivity contribution < 1.29 is 0 Å². The predicted octanol–water partition coefficient (Wildman–Crippen LogP) is 5.42. The summed E-state index contributed by atoms with van der Waals surface area (Å²) in [4.78, 5) is 0. The summed E-state index contributed by atoms with van der Waals surface area (Å²) in [7, 11) is 0. The van der Waals surface area contributed by atoms with Crippen LogP contribution >= 0.6 is 0 Å². The van der Waals surface area contributed by atoms with E-state index < -0.39 is 0 Å². The smallest absolute Gasteiger partial charge is 0.0290 e. The van der Waals surface area contributed by atoms with Crippen LogP contribution in [0.4, 0.5) is 0 Å². The van der Waals surface area contributed by atoms with E-state index in [1.54, 1.807) is 0 Å². The lowest BCUT2D eigenvalue weighted by Gasteiger charge is -2.51. The first-order valence-electron chi connectivity index (χ1n) is 7.41. The van der Waals surface area contributed by atoms with Gasteiger partial charge in [0.25, 0.3) is 0 Å². The molecule has 2 unspecified atom stereocenters. The SMILES string of the molecule is CC1CC(C)(C)CC(C)(C2CCCCC2)C1. The maximum Gasteiger partial charge on any atom is -0.0290 e. The van der Waals surface area contributed by atoms with Crippen LogP contribution < -0.4 is 0 Å². The van der Waals surface area contributed by atoms with Gasteiger partial charge in [-0.3, -0.25) is 0 Å². The van der Waals surface area contributed by atoms with Crippen LogP contribution in [0.25, 0.3) is 0 Å². The fraction of sp³-hybridized carbons (Fsp3) is 1.00. The Hall–Kier alpha value is 0. The van der Waals surface area contributed by atoms with Crippen LogP contribution in [0.15, 0.2) is 0 Å². The Morgan fingerprint density at radius 2 is 1.50 bits per heavy atom. The van der Waals surface area contributed by atoms with Gasteiger partial charge >= 0.3 is 0 Å². The summed E-state index contributed by atoms with van der Waals surface area (Å²) in [6, 6.07) is 0. The lowest BCUT2D eigenvalue weighted by molar-refractivity contribution is -0.000849. The molecule has 2 fully saturated rings. The van der Waals surface area contributed by atoms with E-state index in [0.717, 1.165) is 11.8 Å². The molecule has 0 aromatic rings. The third-order valence-electron chi connectivity index (χ3n) is 5.19. The van der Waals surface area contributed by atoms with Crippen molar-refractivity contribution in [3.05, 3.63) is 0 Å². The van der Waals surface area contributed by atoms with Crippen LogP contribution in [0.5, 0.6) is 0 Å². The Labute approximate surface area is 102 Å². The molecule has 94 valence electrons. The Bertz CT molecular complexity index is 234. The lowest BCUT2D eigenvalue weighted by Crippen LogP contribution is -2.40. The van der Waals surface area contributed by atoms with E-state index in [9.17, 15) is 0 Å². The molecule has 2 rings (SSSR count). The van der Waals surface area contributed by atoms with Gasteiger partial charge < -0.3 is 0 Å². The van der Waals surface area contributed by atoms with Crippen molar-refractivity contribution in [1.29, 1.82) is 0 Å². The molecule has 0 aliphatic heterocycles. The predicted molar refractivity (Wildman–Crippen MR) is 71.5 cm³/mol. The Morgan fingerprint density at radius 1 is 0.875 bits per heavy atom. The molecule has 0 aromatic carbocycles. The minimum Gasteiger partial charge on any atom is -0.0625 e. The second-order valence-electron chi connectivity index (χ2n) is 7.84. The topological polar surface area (TPSA) is 0 Å². The van der Waals surface area contributed by atoms with E-state index in [4.69, 9.17) is 0 Å². The molecule has 0 heteroatoms. The van der Waals surface area contributed by atoms with Crippen LogP contribution in [0, 0.1) is 22.7 Å². The van der Waals surface area contributed by atoms with E-state index in [1.165, 1.54) is 51.4 Å². The van der Waals surface area contributed by atoms with Gasteiger partial charge in [-0.15, -0.1) is 0 Å². The third kappa shape index (κ3) is 2.63. The summed E-state index contributed by atoms with van der Waals surface area (Å²) in [6.07, 6.45) is 11.9. The second-order valence-corrected chi connectivity index (χ2v) is 7.84. The molecule has 0 spiro atoms. The molecule has 0 bridgehead atoms. The van der Waals surface area contributed by atoms with Crippen molar-refractivity contribution in [3.63, 3.8) is 0 Å². The van der Waals surface area contributed by atoms with Gasteiger partial charge in [0.05, 0.1) is 0 Å². The number of hydrogen-bond donors (Lipinski definition) is 0. The van der Waals surface area contributed by atoms with Crippen molar-refractivity contribution in [3.8, 4) is 0 Å². The van der Waals surface area contributed by atoms with Crippen molar-refractivity contribution in [2.75, 3.05) is 0 Å². The molecule has 0 radical (unpaired) electrons. The van der Waals surface area contributed by atoms with Gasteiger partial charge in [-0.2, -0.15) is 0 Å². The third-order valence-corrected chi connectivity index (χ3v) is 5.19. The highest BCUT2D eigenvalue weighted by Gasteiger charge is 2.44. The largest absolute Gasteiger partial charge is 0.0625 e. The van der Waals surface area contributed by atoms with Crippen LogP contribution in [-0.2, 0) is 0 Å². The van der Waals surface area contributed by atoms with Crippen LogP contribution in [0.2, 0.25) is 0 Å². The van der Waals surface area contributed by atoms with Gasteiger partial charge in [0, 0.05) is 0 Å². The minimum atomic E-state index is 0.587. The summed E-state index contributed by atoms with van der Waals surface area (Å²) in [5, 5.41) is 0. The zero-order valence-corrected chi connectivity index (χ0v) is 11.8. The minimum absolute atomic E-state index is 0.587. The number of hydrogen-bond acceptors (Lipinski definition) is 0. The summed E-state index contributed by atoms with van der Waals surface area (Å²) in [6.45, 7) is 10.1. The molecule has 16 heavy (non-hydrogen) atoms. The van der Waals surface area contributed by atoms with Gasteiger partial charge in [0.15, 0.2) is 0 Å². The molecule has 0 heterocycles. The van der Waals surface area contributed by atoms with Crippen molar-refractivity contribution >= 4 is 0 Å². The summed E-state index contributed by atoms with van der Waals surface area (Å²) < 4.78 is 0. The van der Waals surface area contributed by atoms with E-state index in [1.807, 2.05) is 0 Å². The molecule has 2 aliphatic rings. The molecule has 2 aliphatic carbocycles. The molecule has 0 amide bonds. The second kappa shape index (κ2) is 4.35. The average molecular weight is 222 g/mol. The first kappa shape index (κ1) is 12.5. The summed E-state index contributed by atoms with van der Waals surface area (Å²) >= 11 is 0. The summed E-state index contributed by atoms with van der Waals surface area (Å²) in [5.74, 6) is 1.97. The molecule has 0 aromatic heterocycles. The van der Waals surface area contributed by atoms with E-state index >= 15 is 0 Å². The van der Waals surface area contributed by atoms with Crippen LogP contribution in [0.1, 0.15) is 79.1 Å². The molecular weight excluding hydrogens is 192 g/mol. The Kier molecular flexibility index (Phi) is 3.39. The first-order valence-corrected chi connectivity index (χ1v) is 7.41. The molecule has 0 nitrogen and oxygen atoms in total. The highest BCUT2D eigenvalue weighted by molar-refractivity contribution is 4.94. The fourth-order valence-corrected chi connectivity index (χ4v) is 5.16. The van der Waals surface area contributed by atoms with Crippen molar-refractivity contribution in [1.82, 2.24) is 0 Å². The number of rotatable bonds is 1. The summed E-state index contributed by atoms with van der Waals surface area (Å²) in [5.41, 5.74) is 1.24. The van der Waals surface area contributed by atoms with E-state index in [2.05, 4.69) is 27.7 Å². The lowest BCUT2D eigenvalue weighted by atomic mass is 9.55. The molecule has 2 saturated carbocycles. The van der Waals surface area contributed by atoms with Crippen LogP contribution in [0.3, 0.4) is 0 Å². The van der Waals surface area contributed by atoms with E-state index in [0.29, 0.717) is 10.8 Å². The first-order chi connectivity index (χ1) is 7.41. The zero-order chi connectivity index (χ0) is 11.8. The average Bonchev–Trinajstić information content (AvgIpc) is 2.15. The maximum absolute atomic E-state index is 2.60. The quantitative estimate of drug-likeness (QED) is 0.556. The highest BCUT2D eigenvalue weighted by atomic mass is 14.5. The van der Waals surface area contributed by atoms with Gasteiger partial charge in [-0.05, 0) is 54.8 Å². The molecule has 2 atom stereocenters. The Balaban J connectivity index is 2.09. The van der Waals surface area contributed by atoms with Crippen molar-refractivity contribution in [2.45, 2.75) is 79.1 Å². The normalized spacial score (nSPS) is 40.9. The molecular formula is C16H30. The maximum atomic E-state index is 2.60. The van der Waals surface area contributed by atoms with Gasteiger partial charge in [-0.1, -0.05) is 47.0 Å². The van der Waals surface area contributed by atoms with Crippen molar-refractivity contribution in [2.24, 2.45) is 22.7 Å². The van der Waals surface area contributed by atoms with E-state index in [-0.39, 0.29) is 0 Å². The van der Waals surface area contributed by atoms with Gasteiger partial charge in [-0.25, -0.2) is 0 Å². The fourth-order valence-electron chi connectivity index (χ4n) is 5.16.